The van der Waals surface area contributed by atoms with Crippen molar-refractivity contribution in [3.05, 3.63) is 73.3 Å². The van der Waals surface area contributed by atoms with Gasteiger partial charge in [0.05, 0.1) is 24.7 Å². The Morgan fingerprint density at radius 3 is 2.40 bits per heavy atom. The van der Waals surface area contributed by atoms with Crippen LogP contribution in [0.5, 0.6) is 5.75 Å². The summed E-state index contributed by atoms with van der Waals surface area (Å²) in [7, 11) is 1.63. The third-order valence-electron chi connectivity index (χ3n) is 3.94. The summed E-state index contributed by atoms with van der Waals surface area (Å²) < 4.78 is 5.31. The normalized spacial score (nSPS) is 10.6. The number of hydrogen-bond donors (Lipinski definition) is 1. The van der Waals surface area contributed by atoms with Gasteiger partial charge in [-0.15, -0.1) is 0 Å². The van der Waals surface area contributed by atoms with E-state index in [2.05, 4.69) is 15.0 Å². The van der Waals surface area contributed by atoms with E-state index in [1.54, 1.807) is 31.9 Å². The zero-order valence-electron chi connectivity index (χ0n) is 13.7. The van der Waals surface area contributed by atoms with Crippen LogP contribution in [0.4, 0.5) is 0 Å². The number of nitrogens with one attached hydrogen (secondary N) is 1. The summed E-state index contributed by atoms with van der Waals surface area (Å²) in [6.07, 6.45) is 7.01. The van der Waals surface area contributed by atoms with E-state index in [0.717, 1.165) is 33.9 Å². The number of pyridine rings is 2. The Kier molecular flexibility index (Phi) is 3.96. The molecule has 0 saturated carbocycles. The van der Waals surface area contributed by atoms with E-state index in [1.807, 2.05) is 48.5 Å². The van der Waals surface area contributed by atoms with E-state index in [4.69, 9.17) is 9.72 Å². The van der Waals surface area contributed by atoms with Crippen molar-refractivity contribution in [1.29, 1.82) is 0 Å². The Labute approximate surface area is 145 Å². The first kappa shape index (κ1) is 15.1. The van der Waals surface area contributed by atoms with Crippen molar-refractivity contribution in [2.75, 3.05) is 7.11 Å². The van der Waals surface area contributed by atoms with E-state index in [0.29, 0.717) is 5.75 Å². The second-order valence-corrected chi connectivity index (χ2v) is 5.52. The molecule has 5 heteroatoms. The number of H-pyrrole nitrogens is 1. The Morgan fingerprint density at radius 1 is 0.840 bits per heavy atom. The maximum Gasteiger partial charge on any atom is 0.138 e. The van der Waals surface area contributed by atoms with E-state index < -0.39 is 0 Å². The van der Waals surface area contributed by atoms with Crippen LogP contribution in [0.25, 0.3) is 33.9 Å². The second-order valence-electron chi connectivity index (χ2n) is 5.52. The van der Waals surface area contributed by atoms with E-state index in [-0.39, 0.29) is 0 Å². The van der Waals surface area contributed by atoms with Gasteiger partial charge >= 0.3 is 0 Å². The van der Waals surface area contributed by atoms with Gasteiger partial charge in [-0.05, 0) is 18.2 Å². The average Bonchev–Trinajstić information content (AvgIpc) is 3.15. The molecule has 5 nitrogen and oxygen atoms in total. The minimum Gasteiger partial charge on any atom is -0.495 e. The smallest absolute Gasteiger partial charge is 0.138 e. The standard InChI is InChI=1S/C20H16N4O/c1-25-17-11-16(12-22-13-17)19-18(14-7-9-21-10-8-14)23-20(24-19)15-5-3-2-4-6-15/h2-13H,1H3,(H,23,24). The van der Waals surface area contributed by atoms with Crippen LogP contribution in [0.2, 0.25) is 0 Å². The molecule has 0 fully saturated rings. The van der Waals surface area contributed by atoms with Crippen LogP contribution in [-0.4, -0.2) is 27.0 Å². The Bertz CT molecular complexity index is 981. The number of aromatic amines is 1. The predicted octanol–water partition coefficient (Wildman–Crippen LogP) is 4.21. The molecule has 0 spiro atoms. The van der Waals surface area contributed by atoms with Crippen molar-refractivity contribution in [3.8, 4) is 39.7 Å². The van der Waals surface area contributed by atoms with Gasteiger partial charge < -0.3 is 9.72 Å². The largest absolute Gasteiger partial charge is 0.495 e. The number of hydrogen-bond acceptors (Lipinski definition) is 4. The average molecular weight is 328 g/mol. The van der Waals surface area contributed by atoms with Gasteiger partial charge in [0.15, 0.2) is 0 Å². The summed E-state index contributed by atoms with van der Waals surface area (Å²) in [5.74, 6) is 1.51. The number of methoxy groups -OCH3 is 1. The summed E-state index contributed by atoms with van der Waals surface area (Å²) in [6.45, 7) is 0. The van der Waals surface area contributed by atoms with E-state index in [1.165, 1.54) is 0 Å². The molecule has 0 aliphatic heterocycles. The van der Waals surface area contributed by atoms with Crippen LogP contribution >= 0.6 is 0 Å². The molecule has 0 atom stereocenters. The molecule has 4 aromatic rings. The fraction of sp³-hybridized carbons (Fsp3) is 0.0500. The summed E-state index contributed by atoms with van der Waals surface area (Å²) in [6, 6.07) is 15.9. The first-order valence-corrected chi connectivity index (χ1v) is 7.90. The van der Waals surface area contributed by atoms with Crippen molar-refractivity contribution < 1.29 is 4.74 Å². The molecule has 3 heterocycles. The molecule has 0 amide bonds. The summed E-state index contributed by atoms with van der Waals surface area (Å²) >= 11 is 0. The summed E-state index contributed by atoms with van der Waals surface area (Å²) in [5.41, 5.74) is 4.69. The highest BCUT2D eigenvalue weighted by molar-refractivity contribution is 5.81. The van der Waals surface area contributed by atoms with Gasteiger partial charge in [-0.3, -0.25) is 9.97 Å². The first-order valence-electron chi connectivity index (χ1n) is 7.90. The van der Waals surface area contributed by atoms with E-state index in [9.17, 15) is 0 Å². The lowest BCUT2D eigenvalue weighted by Gasteiger charge is -2.04. The minimum absolute atomic E-state index is 0.703. The van der Waals surface area contributed by atoms with Crippen LogP contribution in [0.1, 0.15) is 0 Å². The van der Waals surface area contributed by atoms with Gasteiger partial charge in [0, 0.05) is 35.3 Å². The van der Waals surface area contributed by atoms with Crippen molar-refractivity contribution in [2.24, 2.45) is 0 Å². The number of ether oxygens (including phenoxy) is 1. The van der Waals surface area contributed by atoms with Gasteiger partial charge in [0.1, 0.15) is 11.6 Å². The lowest BCUT2D eigenvalue weighted by Crippen LogP contribution is -1.88. The van der Waals surface area contributed by atoms with Crippen LogP contribution < -0.4 is 4.74 Å². The lowest BCUT2D eigenvalue weighted by molar-refractivity contribution is 0.413. The molecule has 1 N–H and O–H groups in total. The quantitative estimate of drug-likeness (QED) is 0.609. The molecule has 122 valence electrons. The molecule has 25 heavy (non-hydrogen) atoms. The highest BCUT2D eigenvalue weighted by atomic mass is 16.5. The van der Waals surface area contributed by atoms with Gasteiger partial charge in [0.2, 0.25) is 0 Å². The van der Waals surface area contributed by atoms with Gasteiger partial charge in [-0.2, -0.15) is 0 Å². The Morgan fingerprint density at radius 2 is 1.64 bits per heavy atom. The van der Waals surface area contributed by atoms with Crippen LogP contribution in [0.15, 0.2) is 73.3 Å². The fourth-order valence-corrected chi connectivity index (χ4v) is 2.70. The van der Waals surface area contributed by atoms with Crippen molar-refractivity contribution in [2.45, 2.75) is 0 Å². The van der Waals surface area contributed by atoms with Gasteiger partial charge in [-0.1, -0.05) is 30.3 Å². The molecule has 0 aliphatic rings. The molecule has 0 radical (unpaired) electrons. The SMILES string of the molecule is COc1cncc(-c2[nH]c(-c3ccccc3)nc2-c2ccncc2)c1. The van der Waals surface area contributed by atoms with Crippen molar-refractivity contribution >= 4 is 0 Å². The first-order chi connectivity index (χ1) is 12.3. The zero-order chi connectivity index (χ0) is 17.1. The van der Waals surface area contributed by atoms with Crippen LogP contribution in [0.3, 0.4) is 0 Å². The van der Waals surface area contributed by atoms with Gasteiger partial charge in [0.25, 0.3) is 0 Å². The number of imidazole rings is 1. The van der Waals surface area contributed by atoms with Crippen molar-refractivity contribution in [1.82, 2.24) is 19.9 Å². The Hall–Kier alpha value is -3.47. The fourth-order valence-electron chi connectivity index (χ4n) is 2.70. The maximum absolute atomic E-state index is 5.31. The van der Waals surface area contributed by atoms with Crippen LogP contribution in [-0.2, 0) is 0 Å². The molecule has 3 aromatic heterocycles. The zero-order valence-corrected chi connectivity index (χ0v) is 13.7. The van der Waals surface area contributed by atoms with E-state index >= 15 is 0 Å². The summed E-state index contributed by atoms with van der Waals surface area (Å²) in [5, 5.41) is 0. The Balaban J connectivity index is 1.91. The molecule has 0 aliphatic carbocycles. The molecule has 0 saturated heterocycles. The molecule has 4 rings (SSSR count). The predicted molar refractivity (Wildman–Crippen MR) is 97.0 cm³/mol. The third kappa shape index (κ3) is 2.99. The molecule has 0 unspecified atom stereocenters. The van der Waals surface area contributed by atoms with Gasteiger partial charge in [-0.25, -0.2) is 4.98 Å². The highest BCUT2D eigenvalue weighted by Crippen LogP contribution is 2.33. The number of aromatic nitrogens is 4. The number of rotatable bonds is 4. The third-order valence-corrected chi connectivity index (χ3v) is 3.94. The molecule has 1 aromatic carbocycles. The van der Waals surface area contributed by atoms with Crippen molar-refractivity contribution in [3.63, 3.8) is 0 Å². The van der Waals surface area contributed by atoms with Crippen LogP contribution in [0, 0.1) is 0 Å². The number of nitrogens with zero attached hydrogens (tertiary/aromatic N) is 3. The second kappa shape index (κ2) is 6.57. The number of benzene rings is 1. The minimum atomic E-state index is 0.703. The molecule has 0 bridgehead atoms. The molecular formula is C20H16N4O. The highest BCUT2D eigenvalue weighted by Gasteiger charge is 2.16. The maximum atomic E-state index is 5.31. The molecular weight excluding hydrogens is 312 g/mol. The summed E-state index contributed by atoms with van der Waals surface area (Å²) in [4.78, 5) is 16.6. The lowest BCUT2D eigenvalue weighted by atomic mass is 10.1. The monoisotopic (exact) mass is 328 g/mol. The topological polar surface area (TPSA) is 63.7 Å².